The van der Waals surface area contributed by atoms with E-state index < -0.39 is 23.7 Å². The number of amides is 2. The molecule has 3 N–H and O–H groups in total. The maximum absolute atomic E-state index is 13.3. The van der Waals surface area contributed by atoms with Crippen LogP contribution in [-0.4, -0.2) is 34.2 Å². The monoisotopic (exact) mass is 481 g/mol. The lowest BCUT2D eigenvalue weighted by Gasteiger charge is -2.31. The van der Waals surface area contributed by atoms with E-state index in [1.807, 2.05) is 6.92 Å². The molecule has 34 heavy (non-hydrogen) atoms. The van der Waals surface area contributed by atoms with Crippen LogP contribution in [0, 0.1) is 18.8 Å². The van der Waals surface area contributed by atoms with Gasteiger partial charge in [-0.1, -0.05) is 29.8 Å². The second-order valence-electron chi connectivity index (χ2n) is 7.68. The van der Waals surface area contributed by atoms with Crippen LogP contribution in [0.3, 0.4) is 0 Å². The number of hydrogen-bond donors (Lipinski definition) is 2. The molecule has 10 heteroatoms. The van der Waals surface area contributed by atoms with Crippen LogP contribution >= 0.6 is 11.6 Å². The van der Waals surface area contributed by atoms with Crippen molar-refractivity contribution in [3.8, 4) is 11.6 Å². The Hall–Kier alpha value is -3.98. The number of hydrogen-bond acceptors (Lipinski definition) is 6. The van der Waals surface area contributed by atoms with Crippen molar-refractivity contribution in [3.05, 3.63) is 82.8 Å². The van der Waals surface area contributed by atoms with E-state index in [1.54, 1.807) is 48.5 Å². The van der Waals surface area contributed by atoms with Crippen molar-refractivity contribution in [1.82, 2.24) is 9.88 Å². The van der Waals surface area contributed by atoms with Gasteiger partial charge >= 0.3 is 0 Å². The molecule has 1 aliphatic rings. The Kier molecular flexibility index (Phi) is 6.74. The average molecular weight is 482 g/mol. The SMILES string of the molecule is Cc1cc(NC2=NCC(C(N)=O)C(=O)N2Cc2ccc(Cl)cc2)ccc1Oc1cccc(F)n1. The van der Waals surface area contributed by atoms with E-state index in [2.05, 4.69) is 15.3 Å². The number of pyridine rings is 1. The van der Waals surface area contributed by atoms with Gasteiger partial charge in [0, 0.05) is 16.8 Å². The molecule has 0 bridgehead atoms. The summed E-state index contributed by atoms with van der Waals surface area (Å²) < 4.78 is 19.0. The molecule has 1 aromatic heterocycles. The molecule has 3 aromatic rings. The number of ether oxygens (including phenoxy) is 1. The number of nitrogens with two attached hydrogens (primary N) is 1. The summed E-state index contributed by atoms with van der Waals surface area (Å²) in [5.74, 6) is -1.91. The Balaban J connectivity index is 1.56. The summed E-state index contributed by atoms with van der Waals surface area (Å²) in [4.78, 5) is 34.2. The largest absolute Gasteiger partial charge is 0.439 e. The number of benzene rings is 2. The molecule has 2 heterocycles. The van der Waals surface area contributed by atoms with Gasteiger partial charge in [0.2, 0.25) is 29.6 Å². The second-order valence-corrected chi connectivity index (χ2v) is 8.11. The van der Waals surface area contributed by atoms with Crippen molar-refractivity contribution in [2.24, 2.45) is 16.6 Å². The number of anilines is 1. The van der Waals surface area contributed by atoms with Crippen LogP contribution in [0.2, 0.25) is 5.02 Å². The summed E-state index contributed by atoms with van der Waals surface area (Å²) in [6.45, 7) is 1.96. The number of rotatable bonds is 6. The van der Waals surface area contributed by atoms with Gasteiger partial charge < -0.3 is 15.8 Å². The first-order chi connectivity index (χ1) is 16.3. The van der Waals surface area contributed by atoms with Gasteiger partial charge in [-0.05, 0) is 54.4 Å². The quantitative estimate of drug-likeness (QED) is 0.410. The third-order valence-electron chi connectivity index (χ3n) is 5.18. The Labute approximate surface area is 200 Å². The van der Waals surface area contributed by atoms with Gasteiger partial charge in [-0.3, -0.25) is 19.5 Å². The van der Waals surface area contributed by atoms with Crippen molar-refractivity contribution >= 4 is 35.1 Å². The summed E-state index contributed by atoms with van der Waals surface area (Å²) in [6, 6.07) is 16.5. The zero-order valence-electron chi connectivity index (χ0n) is 18.2. The Bertz CT molecular complexity index is 1270. The van der Waals surface area contributed by atoms with E-state index in [0.29, 0.717) is 16.5 Å². The lowest BCUT2D eigenvalue weighted by Crippen LogP contribution is -2.51. The third-order valence-corrected chi connectivity index (χ3v) is 5.43. The molecule has 8 nitrogen and oxygen atoms in total. The summed E-state index contributed by atoms with van der Waals surface area (Å²) in [7, 11) is 0. The number of halogens is 2. The highest BCUT2D eigenvalue weighted by atomic mass is 35.5. The normalized spacial score (nSPS) is 15.6. The molecule has 0 aliphatic carbocycles. The highest BCUT2D eigenvalue weighted by Gasteiger charge is 2.35. The van der Waals surface area contributed by atoms with Gasteiger partial charge in [-0.15, -0.1) is 0 Å². The number of nitrogens with zero attached hydrogens (tertiary/aromatic N) is 3. The van der Waals surface area contributed by atoms with Crippen LogP contribution in [0.15, 0.2) is 65.7 Å². The first-order valence-electron chi connectivity index (χ1n) is 10.4. The molecule has 0 fully saturated rings. The van der Waals surface area contributed by atoms with Gasteiger partial charge in [0.05, 0.1) is 13.1 Å². The number of nitrogens with one attached hydrogen (secondary N) is 1. The number of aromatic nitrogens is 1. The topological polar surface area (TPSA) is 110 Å². The molecule has 2 aromatic carbocycles. The lowest BCUT2D eigenvalue weighted by atomic mass is 10.1. The second kappa shape index (κ2) is 9.88. The Morgan fingerprint density at radius 3 is 2.68 bits per heavy atom. The summed E-state index contributed by atoms with van der Waals surface area (Å²) in [5, 5.41) is 3.71. The Morgan fingerprint density at radius 1 is 1.24 bits per heavy atom. The van der Waals surface area contributed by atoms with Gasteiger partial charge in [0.25, 0.3) is 0 Å². The molecule has 4 rings (SSSR count). The molecule has 1 aliphatic heterocycles. The minimum atomic E-state index is -1.03. The number of guanidine groups is 1. The summed E-state index contributed by atoms with van der Waals surface area (Å²) >= 11 is 5.96. The third kappa shape index (κ3) is 5.32. The average Bonchev–Trinajstić information content (AvgIpc) is 2.79. The maximum atomic E-state index is 13.3. The number of carbonyl (C=O) groups is 2. The van der Waals surface area contributed by atoms with E-state index in [-0.39, 0.29) is 24.9 Å². The number of aliphatic imine (C=N–C) groups is 1. The predicted octanol–water partition coefficient (Wildman–Crippen LogP) is 3.89. The first-order valence-corrected chi connectivity index (χ1v) is 10.8. The fraction of sp³-hybridized carbons (Fsp3) is 0.167. The van der Waals surface area contributed by atoms with Crippen molar-refractivity contribution in [2.45, 2.75) is 13.5 Å². The number of carbonyl (C=O) groups excluding carboxylic acids is 2. The first kappa shape index (κ1) is 23.2. The number of primary amides is 1. The van der Waals surface area contributed by atoms with Crippen LogP contribution in [0.5, 0.6) is 11.6 Å². The summed E-state index contributed by atoms with van der Waals surface area (Å²) in [6.07, 6.45) is 0. The van der Waals surface area contributed by atoms with E-state index >= 15 is 0 Å². The van der Waals surface area contributed by atoms with E-state index in [4.69, 9.17) is 22.1 Å². The van der Waals surface area contributed by atoms with Gasteiger partial charge in [0.1, 0.15) is 11.7 Å². The molecule has 0 spiro atoms. The minimum Gasteiger partial charge on any atom is -0.439 e. The molecule has 1 atom stereocenters. The highest BCUT2D eigenvalue weighted by molar-refractivity contribution is 6.30. The van der Waals surface area contributed by atoms with E-state index in [0.717, 1.165) is 11.1 Å². The van der Waals surface area contributed by atoms with Crippen molar-refractivity contribution in [1.29, 1.82) is 0 Å². The van der Waals surface area contributed by atoms with E-state index in [9.17, 15) is 14.0 Å². The molecular weight excluding hydrogens is 461 g/mol. The molecule has 1 unspecified atom stereocenters. The lowest BCUT2D eigenvalue weighted by molar-refractivity contribution is -0.138. The Morgan fingerprint density at radius 2 is 2.00 bits per heavy atom. The zero-order valence-corrected chi connectivity index (χ0v) is 18.9. The van der Waals surface area contributed by atoms with Crippen LogP contribution in [0.25, 0.3) is 0 Å². The standard InChI is InChI=1S/C24H21ClFN5O3/c1-14-11-17(9-10-19(14)34-21-4-2-3-20(26)30-21)29-24-28-12-18(22(27)32)23(33)31(24)13-15-5-7-16(25)8-6-15/h2-11,18H,12-13H2,1H3,(H2,27,32)(H,28,29). The minimum absolute atomic E-state index is 0.0426. The van der Waals surface area contributed by atoms with Crippen LogP contribution in [0.1, 0.15) is 11.1 Å². The van der Waals surface area contributed by atoms with Crippen molar-refractivity contribution < 1.29 is 18.7 Å². The van der Waals surface area contributed by atoms with Gasteiger partial charge in [-0.2, -0.15) is 9.37 Å². The molecule has 0 radical (unpaired) electrons. The summed E-state index contributed by atoms with van der Waals surface area (Å²) in [5.41, 5.74) is 7.60. The van der Waals surface area contributed by atoms with Gasteiger partial charge in [0.15, 0.2) is 0 Å². The highest BCUT2D eigenvalue weighted by Crippen LogP contribution is 2.27. The molecule has 0 saturated carbocycles. The molecule has 174 valence electrons. The maximum Gasteiger partial charge on any atom is 0.244 e. The van der Waals surface area contributed by atoms with Crippen molar-refractivity contribution in [3.63, 3.8) is 0 Å². The molecule has 0 saturated heterocycles. The smallest absolute Gasteiger partial charge is 0.244 e. The van der Waals surface area contributed by atoms with Crippen molar-refractivity contribution in [2.75, 3.05) is 11.9 Å². The zero-order chi connectivity index (χ0) is 24.2. The molecular formula is C24H21ClFN5O3. The predicted molar refractivity (Wildman–Crippen MR) is 126 cm³/mol. The molecule has 2 amide bonds. The van der Waals surface area contributed by atoms with Crippen LogP contribution < -0.4 is 15.8 Å². The fourth-order valence-electron chi connectivity index (χ4n) is 3.41. The van der Waals surface area contributed by atoms with Crippen LogP contribution in [0.4, 0.5) is 10.1 Å². The fourth-order valence-corrected chi connectivity index (χ4v) is 3.53. The van der Waals surface area contributed by atoms with Gasteiger partial charge in [-0.25, -0.2) is 0 Å². The van der Waals surface area contributed by atoms with E-state index in [1.165, 1.54) is 17.0 Å². The number of aryl methyl sites for hydroxylation is 1. The van der Waals surface area contributed by atoms with Crippen LogP contribution in [-0.2, 0) is 16.1 Å².